The van der Waals surface area contributed by atoms with E-state index in [0.717, 1.165) is 10.9 Å². The van der Waals surface area contributed by atoms with Gasteiger partial charge in [-0.1, -0.05) is 38.1 Å². The topological polar surface area (TPSA) is 38.0 Å². The van der Waals surface area contributed by atoms with Gasteiger partial charge >= 0.3 is 0 Å². The molecule has 0 saturated carbocycles. The van der Waals surface area contributed by atoms with E-state index >= 15 is 0 Å². The van der Waals surface area contributed by atoms with Crippen LogP contribution in [0.25, 0.3) is 0 Å². The van der Waals surface area contributed by atoms with Crippen LogP contribution < -0.4 is 11.3 Å². The highest BCUT2D eigenvalue weighted by Gasteiger charge is 2.15. The zero-order chi connectivity index (χ0) is 13.8. The van der Waals surface area contributed by atoms with Gasteiger partial charge in [0.1, 0.15) is 0 Å². The smallest absolute Gasteiger partial charge is 0.0803 e. The minimum Gasteiger partial charge on any atom is -0.271 e. The van der Waals surface area contributed by atoms with Gasteiger partial charge in [0.25, 0.3) is 0 Å². The van der Waals surface area contributed by atoms with Crippen LogP contribution in [0.1, 0.15) is 35.9 Å². The minimum atomic E-state index is 0.0587. The van der Waals surface area contributed by atoms with E-state index in [1.165, 1.54) is 16.0 Å². The maximum absolute atomic E-state index is 5.74. The second-order valence-electron chi connectivity index (χ2n) is 5.11. The Bertz CT molecular complexity index is 536. The fraction of sp³-hybridized carbons (Fsp3) is 0.333. The summed E-state index contributed by atoms with van der Waals surface area (Å²) in [5, 5.41) is 2.08. The Kier molecular flexibility index (Phi) is 5.16. The molecule has 1 unspecified atom stereocenters. The first-order chi connectivity index (χ1) is 9.10. The molecule has 1 aromatic heterocycles. The molecule has 0 bridgehead atoms. The monoisotopic (exact) mass is 338 g/mol. The summed E-state index contributed by atoms with van der Waals surface area (Å²) in [7, 11) is 0. The lowest BCUT2D eigenvalue weighted by Gasteiger charge is -2.16. The molecule has 1 heterocycles. The highest BCUT2D eigenvalue weighted by molar-refractivity contribution is 9.10. The summed E-state index contributed by atoms with van der Waals surface area (Å²) in [6.45, 7) is 4.48. The van der Waals surface area contributed by atoms with E-state index in [9.17, 15) is 0 Å². The molecule has 19 heavy (non-hydrogen) atoms. The third-order valence-corrected chi connectivity index (χ3v) is 4.73. The normalized spacial score (nSPS) is 12.9. The Morgan fingerprint density at radius 1 is 1.32 bits per heavy atom. The fourth-order valence-corrected chi connectivity index (χ4v) is 3.72. The molecule has 2 nitrogen and oxygen atoms in total. The van der Waals surface area contributed by atoms with Crippen molar-refractivity contribution in [2.24, 2.45) is 11.8 Å². The molecule has 0 aliphatic heterocycles. The van der Waals surface area contributed by atoms with Gasteiger partial charge in [-0.25, -0.2) is 5.43 Å². The van der Waals surface area contributed by atoms with Crippen molar-refractivity contribution < 1.29 is 0 Å². The lowest BCUT2D eigenvalue weighted by Crippen LogP contribution is -2.28. The molecule has 0 radical (unpaired) electrons. The van der Waals surface area contributed by atoms with Gasteiger partial charge in [0.2, 0.25) is 0 Å². The number of hydrogen-bond acceptors (Lipinski definition) is 3. The van der Waals surface area contributed by atoms with Crippen molar-refractivity contribution >= 4 is 27.3 Å². The first kappa shape index (κ1) is 14.7. The minimum absolute atomic E-state index is 0.0587. The van der Waals surface area contributed by atoms with E-state index < -0.39 is 0 Å². The molecule has 0 aliphatic rings. The highest BCUT2D eigenvalue weighted by Crippen LogP contribution is 2.30. The summed E-state index contributed by atoms with van der Waals surface area (Å²) in [4.78, 5) is 1.22. The van der Waals surface area contributed by atoms with E-state index in [-0.39, 0.29) is 6.04 Å². The Labute approximate surface area is 127 Å². The van der Waals surface area contributed by atoms with Gasteiger partial charge in [0.15, 0.2) is 0 Å². The average molecular weight is 339 g/mol. The molecule has 3 N–H and O–H groups in total. The van der Waals surface area contributed by atoms with Gasteiger partial charge < -0.3 is 0 Å². The number of benzene rings is 1. The number of rotatable bonds is 5. The van der Waals surface area contributed by atoms with E-state index in [1.54, 1.807) is 11.3 Å². The van der Waals surface area contributed by atoms with Crippen LogP contribution in [0.3, 0.4) is 0 Å². The molecule has 1 atom stereocenters. The van der Waals surface area contributed by atoms with Crippen LogP contribution in [0, 0.1) is 5.92 Å². The van der Waals surface area contributed by atoms with Gasteiger partial charge in [-0.15, -0.1) is 11.3 Å². The molecular weight excluding hydrogens is 320 g/mol. The molecule has 0 fully saturated rings. The second-order valence-corrected chi connectivity index (χ2v) is 6.97. The molecule has 0 aliphatic carbocycles. The van der Waals surface area contributed by atoms with Crippen molar-refractivity contribution in [1.29, 1.82) is 0 Å². The molecule has 2 rings (SSSR count). The average Bonchev–Trinajstić information content (AvgIpc) is 2.76. The summed E-state index contributed by atoms with van der Waals surface area (Å²) in [5.41, 5.74) is 5.50. The van der Waals surface area contributed by atoms with E-state index in [4.69, 9.17) is 5.84 Å². The van der Waals surface area contributed by atoms with Crippen molar-refractivity contribution in [2.75, 3.05) is 0 Å². The Morgan fingerprint density at radius 3 is 2.68 bits per heavy atom. The Balaban J connectivity index is 2.28. The molecule has 0 saturated heterocycles. The van der Waals surface area contributed by atoms with Crippen LogP contribution in [0.5, 0.6) is 0 Å². The third kappa shape index (κ3) is 3.89. The Hall–Kier alpha value is -0.680. The molecule has 4 heteroatoms. The van der Waals surface area contributed by atoms with Crippen molar-refractivity contribution in [3.63, 3.8) is 0 Å². The lowest BCUT2D eigenvalue weighted by molar-refractivity contribution is 0.633. The van der Waals surface area contributed by atoms with Crippen molar-refractivity contribution in [1.82, 2.24) is 5.43 Å². The molecule has 2 aromatic rings. The highest BCUT2D eigenvalue weighted by atomic mass is 79.9. The van der Waals surface area contributed by atoms with Gasteiger partial charge in [0, 0.05) is 14.7 Å². The number of nitrogens with two attached hydrogens (primary N) is 1. The van der Waals surface area contributed by atoms with Crippen molar-refractivity contribution in [3.05, 3.63) is 56.2 Å². The number of halogens is 1. The zero-order valence-electron chi connectivity index (χ0n) is 11.2. The van der Waals surface area contributed by atoms with Crippen LogP contribution >= 0.6 is 27.3 Å². The number of thiophene rings is 1. The summed E-state index contributed by atoms with van der Waals surface area (Å²) in [6, 6.07) is 10.8. The number of hydrogen-bond donors (Lipinski definition) is 2. The van der Waals surface area contributed by atoms with Gasteiger partial charge in [0.05, 0.1) is 6.04 Å². The zero-order valence-corrected chi connectivity index (χ0v) is 13.6. The quantitative estimate of drug-likeness (QED) is 0.631. The number of nitrogens with one attached hydrogen (secondary N) is 1. The third-order valence-electron chi connectivity index (χ3n) is 2.97. The molecule has 0 amide bonds. The van der Waals surface area contributed by atoms with E-state index in [2.05, 4.69) is 70.9 Å². The van der Waals surface area contributed by atoms with Crippen LogP contribution in [0.2, 0.25) is 0 Å². The summed E-state index contributed by atoms with van der Waals surface area (Å²) >= 11 is 5.20. The lowest BCUT2D eigenvalue weighted by atomic mass is 9.98. The maximum Gasteiger partial charge on any atom is 0.0803 e. The van der Waals surface area contributed by atoms with E-state index in [1.807, 2.05) is 0 Å². The molecule has 102 valence electrons. The van der Waals surface area contributed by atoms with Crippen LogP contribution in [-0.2, 0) is 6.42 Å². The summed E-state index contributed by atoms with van der Waals surface area (Å²) in [5.74, 6) is 6.40. The van der Waals surface area contributed by atoms with Crippen molar-refractivity contribution in [2.45, 2.75) is 26.3 Å². The van der Waals surface area contributed by atoms with Crippen molar-refractivity contribution in [3.8, 4) is 0 Å². The van der Waals surface area contributed by atoms with Gasteiger partial charge in [-0.3, -0.25) is 5.84 Å². The predicted molar refractivity (Wildman–Crippen MR) is 86.2 cm³/mol. The maximum atomic E-state index is 5.74. The first-order valence-corrected chi connectivity index (χ1v) is 8.06. The summed E-state index contributed by atoms with van der Waals surface area (Å²) < 4.78 is 1.10. The second kappa shape index (κ2) is 6.66. The summed E-state index contributed by atoms with van der Waals surface area (Å²) in [6.07, 6.45) is 1.10. The molecule has 1 aromatic carbocycles. The molecular formula is C15H19BrN2S. The van der Waals surface area contributed by atoms with Crippen LogP contribution in [0.4, 0.5) is 0 Å². The first-order valence-electron chi connectivity index (χ1n) is 6.39. The molecule has 0 spiro atoms. The van der Waals surface area contributed by atoms with E-state index in [0.29, 0.717) is 5.92 Å². The van der Waals surface area contributed by atoms with Crippen LogP contribution in [0.15, 0.2) is 40.2 Å². The van der Waals surface area contributed by atoms with Gasteiger partial charge in [-0.2, -0.15) is 0 Å². The predicted octanol–water partition coefficient (Wildman–Crippen LogP) is 4.26. The number of hydrazine groups is 1. The Morgan fingerprint density at radius 2 is 2.11 bits per heavy atom. The standard InChI is InChI=1S/C15H19BrN2S/c1-10(2)6-11-4-3-5-12(7-11)15(18-17)14-8-13(16)9-19-14/h3-5,7-10,15,18H,6,17H2,1-2H3. The SMILES string of the molecule is CC(C)Cc1cccc(C(NN)c2cc(Br)cs2)c1. The van der Waals surface area contributed by atoms with Crippen LogP contribution in [-0.4, -0.2) is 0 Å². The fourth-order valence-electron chi connectivity index (χ4n) is 2.19. The van der Waals surface area contributed by atoms with Gasteiger partial charge in [-0.05, 0) is 45.5 Å². The largest absolute Gasteiger partial charge is 0.271 e.